The molecule has 0 saturated carbocycles. The van der Waals surface area contributed by atoms with Crippen molar-refractivity contribution in [1.29, 1.82) is 0 Å². The largest absolute Gasteiger partial charge is 0.316 e. The number of fused-ring (bicyclic) bond motifs is 3. The maximum absolute atomic E-state index is 5.12. The molecule has 0 aliphatic heterocycles. The van der Waals surface area contributed by atoms with E-state index in [1.54, 1.807) is 0 Å². The summed E-state index contributed by atoms with van der Waals surface area (Å²) in [5.74, 6) is 0. The molecule has 2 aromatic heterocycles. The molecule has 4 rings (SSSR count). The highest BCUT2D eigenvalue weighted by Gasteiger charge is 2.13. The molecule has 4 nitrogen and oxygen atoms in total. The van der Waals surface area contributed by atoms with Gasteiger partial charge in [0.05, 0.1) is 5.69 Å². The van der Waals surface area contributed by atoms with Gasteiger partial charge >= 0.3 is 0 Å². The lowest BCUT2D eigenvalue weighted by Gasteiger charge is -2.05. The summed E-state index contributed by atoms with van der Waals surface area (Å²) in [6.45, 7) is 0. The summed E-state index contributed by atoms with van der Waals surface area (Å²) in [6.07, 6.45) is 0. The lowest BCUT2D eigenvalue weighted by Crippen LogP contribution is -1.87. The zero-order chi connectivity index (χ0) is 12.7. The summed E-state index contributed by atoms with van der Waals surface area (Å²) >= 11 is 0. The van der Waals surface area contributed by atoms with E-state index in [9.17, 15) is 0 Å². The molecule has 4 aromatic rings. The molecule has 2 aromatic carbocycles. The van der Waals surface area contributed by atoms with Crippen LogP contribution in [0.5, 0.6) is 0 Å². The minimum Gasteiger partial charge on any atom is -0.316 e. The quantitative estimate of drug-likeness (QED) is 0.517. The van der Waals surface area contributed by atoms with Gasteiger partial charge in [0, 0.05) is 21.6 Å². The molecule has 0 N–H and O–H groups in total. The van der Waals surface area contributed by atoms with Crippen molar-refractivity contribution in [3.05, 3.63) is 54.6 Å². The van der Waals surface area contributed by atoms with Crippen molar-refractivity contribution in [3.63, 3.8) is 0 Å². The van der Waals surface area contributed by atoms with Crippen LogP contribution in [0.25, 0.3) is 33.3 Å². The van der Waals surface area contributed by atoms with E-state index < -0.39 is 0 Å². The topological polar surface area (TPSA) is 51.8 Å². The maximum Gasteiger partial charge on any atom is 0.279 e. The van der Waals surface area contributed by atoms with Crippen LogP contribution in [-0.4, -0.2) is 15.4 Å². The predicted molar refractivity (Wildman–Crippen MR) is 72.5 cm³/mol. The van der Waals surface area contributed by atoms with Gasteiger partial charge in [0.1, 0.15) is 0 Å². The van der Waals surface area contributed by atoms with Crippen LogP contribution in [0.3, 0.4) is 0 Å². The van der Waals surface area contributed by atoms with Crippen LogP contribution in [0.4, 0.5) is 0 Å². The van der Waals surface area contributed by atoms with Gasteiger partial charge in [0.2, 0.25) is 0 Å². The van der Waals surface area contributed by atoms with E-state index in [0.717, 1.165) is 22.0 Å². The average Bonchev–Trinajstić information content (AvgIpc) is 2.96. The van der Waals surface area contributed by atoms with Crippen molar-refractivity contribution in [1.82, 2.24) is 15.4 Å². The Bertz CT molecular complexity index is 868. The Morgan fingerprint density at radius 2 is 1.53 bits per heavy atom. The fraction of sp³-hybridized carbons (Fsp3) is 0. The van der Waals surface area contributed by atoms with Crippen LogP contribution in [0, 0.1) is 0 Å². The number of benzene rings is 2. The first-order valence-corrected chi connectivity index (χ1v) is 6.00. The van der Waals surface area contributed by atoms with Gasteiger partial charge < -0.3 is 4.52 Å². The van der Waals surface area contributed by atoms with Crippen molar-refractivity contribution in [2.24, 2.45) is 0 Å². The first-order chi connectivity index (χ1) is 9.43. The lowest BCUT2D eigenvalue weighted by molar-refractivity contribution is 0.418. The van der Waals surface area contributed by atoms with Crippen LogP contribution < -0.4 is 0 Å². The Balaban J connectivity index is 2.19. The summed E-state index contributed by atoms with van der Waals surface area (Å²) in [6, 6.07) is 18.1. The van der Waals surface area contributed by atoms with E-state index in [-0.39, 0.29) is 0 Å². The SMILES string of the molecule is c1ccc(-c2nc3onnc3c3ccccc23)cc1. The number of nitrogens with zero attached hydrogens (tertiary/aromatic N) is 3. The van der Waals surface area contributed by atoms with E-state index in [4.69, 9.17) is 4.52 Å². The van der Waals surface area contributed by atoms with Gasteiger partial charge in [0.15, 0.2) is 5.52 Å². The van der Waals surface area contributed by atoms with Crippen molar-refractivity contribution in [3.8, 4) is 11.3 Å². The maximum atomic E-state index is 5.12. The summed E-state index contributed by atoms with van der Waals surface area (Å²) in [4.78, 5) is 4.54. The van der Waals surface area contributed by atoms with Gasteiger partial charge in [-0.2, -0.15) is 0 Å². The number of hydrogen-bond donors (Lipinski definition) is 0. The molecule has 0 bridgehead atoms. The molecular weight excluding hydrogens is 238 g/mol. The highest BCUT2D eigenvalue weighted by atomic mass is 16.5. The fourth-order valence-electron chi connectivity index (χ4n) is 2.30. The van der Waals surface area contributed by atoms with E-state index in [1.165, 1.54) is 0 Å². The monoisotopic (exact) mass is 247 g/mol. The fourth-order valence-corrected chi connectivity index (χ4v) is 2.30. The molecule has 90 valence electrons. The third-order valence-electron chi connectivity index (χ3n) is 3.17. The highest BCUT2D eigenvalue weighted by Crippen LogP contribution is 2.30. The van der Waals surface area contributed by atoms with Crippen molar-refractivity contribution in [2.45, 2.75) is 0 Å². The Kier molecular flexibility index (Phi) is 2.08. The average molecular weight is 247 g/mol. The molecule has 4 heteroatoms. The smallest absolute Gasteiger partial charge is 0.279 e. The number of aromatic nitrogens is 3. The van der Waals surface area contributed by atoms with Crippen LogP contribution in [-0.2, 0) is 0 Å². The first kappa shape index (κ1) is 10.2. The summed E-state index contributed by atoms with van der Waals surface area (Å²) in [7, 11) is 0. The second-order valence-electron chi connectivity index (χ2n) is 4.30. The Morgan fingerprint density at radius 1 is 0.789 bits per heavy atom. The molecule has 0 unspecified atom stereocenters. The Morgan fingerprint density at radius 3 is 2.37 bits per heavy atom. The van der Waals surface area contributed by atoms with Crippen LogP contribution in [0.2, 0.25) is 0 Å². The Labute approximate surface area is 108 Å². The third kappa shape index (κ3) is 1.50. The standard InChI is InChI=1S/C15H9N3O/c1-2-6-10(7-3-1)13-11-8-4-5-9-12(11)14-15(16-13)19-18-17-14/h1-9H. The lowest BCUT2D eigenvalue weighted by atomic mass is 10.0. The van der Waals surface area contributed by atoms with Gasteiger partial charge in [-0.15, -0.1) is 5.10 Å². The zero-order valence-electron chi connectivity index (χ0n) is 9.95. The summed E-state index contributed by atoms with van der Waals surface area (Å²) < 4.78 is 5.12. The van der Waals surface area contributed by atoms with E-state index in [2.05, 4.69) is 15.4 Å². The number of pyridine rings is 1. The van der Waals surface area contributed by atoms with Crippen molar-refractivity contribution in [2.75, 3.05) is 0 Å². The molecular formula is C15H9N3O. The van der Waals surface area contributed by atoms with E-state index >= 15 is 0 Å². The van der Waals surface area contributed by atoms with Crippen LogP contribution in [0.15, 0.2) is 59.1 Å². The van der Waals surface area contributed by atoms with Gasteiger partial charge in [0.25, 0.3) is 5.71 Å². The van der Waals surface area contributed by atoms with Crippen LogP contribution in [0.1, 0.15) is 0 Å². The molecule has 2 heterocycles. The van der Waals surface area contributed by atoms with Crippen LogP contribution >= 0.6 is 0 Å². The first-order valence-electron chi connectivity index (χ1n) is 6.00. The van der Waals surface area contributed by atoms with Gasteiger partial charge in [-0.05, 0) is 0 Å². The van der Waals surface area contributed by atoms with Gasteiger partial charge in [-0.3, -0.25) is 0 Å². The molecule has 0 aliphatic carbocycles. The molecule has 0 atom stereocenters. The van der Waals surface area contributed by atoms with E-state index in [0.29, 0.717) is 11.2 Å². The zero-order valence-corrected chi connectivity index (χ0v) is 9.95. The van der Waals surface area contributed by atoms with Crippen molar-refractivity contribution >= 4 is 22.0 Å². The molecule has 0 spiro atoms. The Hall–Kier alpha value is -2.75. The van der Waals surface area contributed by atoms with Crippen molar-refractivity contribution < 1.29 is 4.52 Å². The molecule has 0 aliphatic rings. The third-order valence-corrected chi connectivity index (χ3v) is 3.17. The predicted octanol–water partition coefficient (Wildman–Crippen LogP) is 3.44. The molecule has 0 amide bonds. The molecule has 0 fully saturated rings. The van der Waals surface area contributed by atoms with Gasteiger partial charge in [-0.1, -0.05) is 54.6 Å². The van der Waals surface area contributed by atoms with E-state index in [1.807, 2.05) is 54.6 Å². The highest BCUT2D eigenvalue weighted by molar-refractivity contribution is 6.07. The molecule has 0 radical (unpaired) electrons. The normalized spacial score (nSPS) is 11.2. The second kappa shape index (κ2) is 3.88. The van der Waals surface area contributed by atoms with Gasteiger partial charge in [-0.25, -0.2) is 4.98 Å². The molecule has 0 saturated heterocycles. The molecule has 19 heavy (non-hydrogen) atoms. The number of hydrogen-bond acceptors (Lipinski definition) is 4. The summed E-state index contributed by atoms with van der Waals surface area (Å²) in [5.41, 5.74) is 3.12. The number of rotatable bonds is 1. The second-order valence-corrected chi connectivity index (χ2v) is 4.30. The minimum atomic E-state index is 0.470. The minimum absolute atomic E-state index is 0.470. The summed E-state index contributed by atoms with van der Waals surface area (Å²) in [5, 5.41) is 9.66.